The van der Waals surface area contributed by atoms with Gasteiger partial charge in [-0.3, -0.25) is 9.59 Å². The quantitative estimate of drug-likeness (QED) is 0.568. The van der Waals surface area contributed by atoms with Crippen molar-refractivity contribution in [2.45, 2.75) is 34.6 Å². The third-order valence-corrected chi connectivity index (χ3v) is 6.04. The van der Waals surface area contributed by atoms with E-state index in [2.05, 4.69) is 5.32 Å². The lowest BCUT2D eigenvalue weighted by Gasteiger charge is -2.16. The van der Waals surface area contributed by atoms with Crippen LogP contribution in [0.3, 0.4) is 0 Å². The van der Waals surface area contributed by atoms with Crippen LogP contribution in [0, 0.1) is 34.6 Å². The van der Waals surface area contributed by atoms with E-state index in [0.29, 0.717) is 17.0 Å². The van der Waals surface area contributed by atoms with Crippen LogP contribution in [0.5, 0.6) is 0 Å². The Labute approximate surface area is 183 Å². The Hall–Kier alpha value is -3.66. The number of nitrogens with zero attached hydrogens (tertiary/aromatic N) is 1. The summed E-state index contributed by atoms with van der Waals surface area (Å²) in [4.78, 5) is 28.3. The Kier molecular flexibility index (Phi) is 5.24. The number of anilines is 2. The average Bonchev–Trinajstić information content (AvgIpc) is 2.98. The molecule has 1 heterocycles. The number of rotatable bonds is 4. The molecule has 4 nitrogen and oxygen atoms in total. The van der Waals surface area contributed by atoms with Gasteiger partial charge in [0.1, 0.15) is 5.70 Å². The van der Waals surface area contributed by atoms with Crippen LogP contribution in [0.4, 0.5) is 11.4 Å². The summed E-state index contributed by atoms with van der Waals surface area (Å²) in [5.41, 5.74) is 8.28. The van der Waals surface area contributed by atoms with Crippen LogP contribution in [0.2, 0.25) is 0 Å². The molecule has 4 rings (SSSR count). The molecule has 0 atom stereocenters. The highest BCUT2D eigenvalue weighted by molar-refractivity contribution is 6.46. The highest BCUT2D eigenvalue weighted by Gasteiger charge is 2.40. The lowest BCUT2D eigenvalue weighted by atomic mass is 9.99. The van der Waals surface area contributed by atoms with Crippen molar-refractivity contribution in [1.82, 2.24) is 0 Å². The van der Waals surface area contributed by atoms with E-state index in [4.69, 9.17) is 0 Å². The molecule has 3 aromatic rings. The van der Waals surface area contributed by atoms with Gasteiger partial charge in [-0.15, -0.1) is 0 Å². The van der Waals surface area contributed by atoms with Gasteiger partial charge in [-0.1, -0.05) is 48.0 Å². The Bertz CT molecular complexity index is 1240. The van der Waals surface area contributed by atoms with Gasteiger partial charge in [0, 0.05) is 5.69 Å². The van der Waals surface area contributed by atoms with Crippen molar-refractivity contribution in [3.8, 4) is 0 Å². The summed E-state index contributed by atoms with van der Waals surface area (Å²) in [6.45, 7) is 10.1. The van der Waals surface area contributed by atoms with Gasteiger partial charge in [0.2, 0.25) is 0 Å². The van der Waals surface area contributed by atoms with Gasteiger partial charge >= 0.3 is 0 Å². The van der Waals surface area contributed by atoms with Crippen LogP contribution in [0.15, 0.2) is 66.4 Å². The molecule has 0 radical (unpaired) electrons. The van der Waals surface area contributed by atoms with Gasteiger partial charge in [0.25, 0.3) is 11.8 Å². The zero-order valence-corrected chi connectivity index (χ0v) is 18.5. The first-order chi connectivity index (χ1) is 14.8. The molecule has 0 aromatic heterocycles. The molecule has 0 saturated heterocycles. The zero-order valence-electron chi connectivity index (χ0n) is 18.5. The monoisotopic (exact) mass is 410 g/mol. The maximum Gasteiger partial charge on any atom is 0.282 e. The maximum absolute atomic E-state index is 13.6. The standard InChI is InChI=1S/C27H26N2O2/c1-16-9-13-22(14-10-16)29-26(30)24(21-12-11-17(2)19(4)15-21)25(27(29)31)28-23-8-6-7-18(3)20(23)5/h6-15,28H,1-5H3. The molecule has 0 unspecified atom stereocenters. The van der Waals surface area contributed by atoms with Gasteiger partial charge in [-0.25, -0.2) is 4.90 Å². The van der Waals surface area contributed by atoms with Crippen LogP contribution in [0.25, 0.3) is 5.57 Å². The molecular formula is C27H26N2O2. The summed E-state index contributed by atoms with van der Waals surface area (Å²) >= 11 is 0. The molecule has 31 heavy (non-hydrogen) atoms. The third kappa shape index (κ3) is 3.66. The van der Waals surface area contributed by atoms with E-state index in [-0.39, 0.29) is 11.8 Å². The molecule has 3 aromatic carbocycles. The van der Waals surface area contributed by atoms with Gasteiger partial charge in [0.15, 0.2) is 0 Å². The number of aryl methyl sites for hydroxylation is 4. The van der Waals surface area contributed by atoms with E-state index in [0.717, 1.165) is 39.1 Å². The van der Waals surface area contributed by atoms with E-state index in [9.17, 15) is 9.59 Å². The second-order valence-electron chi connectivity index (χ2n) is 8.20. The largest absolute Gasteiger partial charge is 0.350 e. The normalized spacial score (nSPS) is 13.9. The van der Waals surface area contributed by atoms with Crippen molar-refractivity contribution in [3.05, 3.63) is 99.7 Å². The Morgan fingerprint density at radius 2 is 1.42 bits per heavy atom. The Morgan fingerprint density at radius 1 is 0.710 bits per heavy atom. The number of nitrogens with one attached hydrogen (secondary N) is 1. The number of carbonyl (C=O) groups excluding carboxylic acids is 2. The minimum atomic E-state index is -0.344. The predicted molar refractivity (Wildman–Crippen MR) is 126 cm³/mol. The molecule has 1 aliphatic heterocycles. The van der Waals surface area contributed by atoms with Crippen LogP contribution >= 0.6 is 0 Å². The minimum Gasteiger partial charge on any atom is -0.350 e. The van der Waals surface area contributed by atoms with Crippen molar-refractivity contribution in [3.63, 3.8) is 0 Å². The fourth-order valence-electron chi connectivity index (χ4n) is 3.76. The Balaban J connectivity index is 1.87. The van der Waals surface area contributed by atoms with Gasteiger partial charge < -0.3 is 5.32 Å². The van der Waals surface area contributed by atoms with Crippen LogP contribution < -0.4 is 10.2 Å². The molecule has 0 bridgehead atoms. The summed E-state index contributed by atoms with van der Waals surface area (Å²) in [5, 5.41) is 3.29. The van der Waals surface area contributed by atoms with E-state index in [1.54, 1.807) is 0 Å². The van der Waals surface area contributed by atoms with E-state index in [1.807, 2.05) is 95.3 Å². The molecule has 2 amide bonds. The third-order valence-electron chi connectivity index (χ3n) is 6.04. The molecule has 0 spiro atoms. The number of imide groups is 1. The molecule has 0 fully saturated rings. The highest BCUT2D eigenvalue weighted by atomic mass is 16.2. The van der Waals surface area contributed by atoms with Crippen molar-refractivity contribution >= 4 is 28.8 Å². The van der Waals surface area contributed by atoms with Crippen LogP contribution in [0.1, 0.15) is 33.4 Å². The summed E-state index contributed by atoms with van der Waals surface area (Å²) in [7, 11) is 0. The number of hydrogen-bond donors (Lipinski definition) is 1. The second kappa shape index (κ2) is 7.88. The summed E-state index contributed by atoms with van der Waals surface area (Å²) < 4.78 is 0. The highest BCUT2D eigenvalue weighted by Crippen LogP contribution is 2.35. The van der Waals surface area contributed by atoms with Crippen molar-refractivity contribution in [2.75, 3.05) is 10.2 Å². The summed E-state index contributed by atoms with van der Waals surface area (Å²) in [5.74, 6) is -0.659. The maximum atomic E-state index is 13.6. The van der Waals surface area contributed by atoms with Gasteiger partial charge in [-0.05, 0) is 80.6 Å². The molecule has 1 N–H and O–H groups in total. The van der Waals surface area contributed by atoms with Crippen molar-refractivity contribution in [2.24, 2.45) is 0 Å². The first-order valence-corrected chi connectivity index (χ1v) is 10.4. The average molecular weight is 411 g/mol. The number of hydrogen-bond acceptors (Lipinski definition) is 3. The number of benzene rings is 3. The lowest BCUT2D eigenvalue weighted by Crippen LogP contribution is -2.32. The first-order valence-electron chi connectivity index (χ1n) is 10.4. The molecule has 0 aliphatic carbocycles. The van der Waals surface area contributed by atoms with Crippen molar-refractivity contribution < 1.29 is 9.59 Å². The smallest absolute Gasteiger partial charge is 0.282 e. The van der Waals surface area contributed by atoms with Crippen LogP contribution in [-0.4, -0.2) is 11.8 Å². The molecular weight excluding hydrogens is 384 g/mol. The fourth-order valence-corrected chi connectivity index (χ4v) is 3.76. The van der Waals surface area contributed by atoms with Gasteiger partial charge in [-0.2, -0.15) is 0 Å². The molecule has 0 saturated carbocycles. The first kappa shape index (κ1) is 20.6. The van der Waals surface area contributed by atoms with E-state index < -0.39 is 0 Å². The molecule has 1 aliphatic rings. The van der Waals surface area contributed by atoms with Crippen molar-refractivity contribution in [1.29, 1.82) is 0 Å². The summed E-state index contributed by atoms with van der Waals surface area (Å²) in [6.07, 6.45) is 0. The Morgan fingerprint density at radius 3 is 2.10 bits per heavy atom. The second-order valence-corrected chi connectivity index (χ2v) is 8.20. The minimum absolute atomic E-state index is 0.308. The topological polar surface area (TPSA) is 49.4 Å². The van der Waals surface area contributed by atoms with Gasteiger partial charge in [0.05, 0.1) is 11.3 Å². The predicted octanol–water partition coefficient (Wildman–Crippen LogP) is 5.63. The lowest BCUT2D eigenvalue weighted by molar-refractivity contribution is -0.120. The fraction of sp³-hybridized carbons (Fsp3) is 0.185. The summed E-state index contributed by atoms with van der Waals surface area (Å²) in [6, 6.07) is 19.2. The molecule has 4 heteroatoms. The zero-order chi connectivity index (χ0) is 22.3. The number of amides is 2. The molecule has 156 valence electrons. The number of carbonyl (C=O) groups is 2. The van der Waals surface area contributed by atoms with E-state index >= 15 is 0 Å². The van der Waals surface area contributed by atoms with Crippen LogP contribution in [-0.2, 0) is 9.59 Å². The van der Waals surface area contributed by atoms with E-state index in [1.165, 1.54) is 4.90 Å². The SMILES string of the molecule is Cc1ccc(N2C(=O)C(Nc3cccc(C)c3C)=C(c3ccc(C)c(C)c3)C2=O)cc1.